The molecule has 3 unspecified atom stereocenters. The molecule has 0 radical (unpaired) electrons. The van der Waals surface area contributed by atoms with E-state index in [2.05, 4.69) is 49.2 Å². The molecule has 0 spiro atoms. The molecule has 4 rings (SSSR count). The summed E-state index contributed by atoms with van der Waals surface area (Å²) < 4.78 is 0. The predicted octanol–water partition coefficient (Wildman–Crippen LogP) is 4.31. The summed E-state index contributed by atoms with van der Waals surface area (Å²) in [7, 11) is -0.455. The van der Waals surface area contributed by atoms with Crippen LogP contribution < -0.4 is 0 Å². The fraction of sp³-hybridized carbons (Fsp3) is 0.348. The van der Waals surface area contributed by atoms with Crippen molar-refractivity contribution in [1.82, 2.24) is 0 Å². The fourth-order valence-electron chi connectivity index (χ4n) is 4.02. The Kier molecular flexibility index (Phi) is 4.77. The van der Waals surface area contributed by atoms with Gasteiger partial charge >= 0.3 is 5.12 Å². The molecule has 2 aromatic rings. The zero-order chi connectivity index (χ0) is 19.1. The summed E-state index contributed by atoms with van der Waals surface area (Å²) >= 11 is 0. The van der Waals surface area contributed by atoms with Gasteiger partial charge < -0.3 is 0 Å². The fourth-order valence-corrected chi connectivity index (χ4v) is 6.75. The SMILES string of the molecule is CC(C)C[S+]1C(=O)C(C)C2C(=O)N=C(Cc3cccc4ccccc34)C=C21. The van der Waals surface area contributed by atoms with Crippen LogP contribution in [0.15, 0.2) is 58.4 Å². The van der Waals surface area contributed by atoms with Gasteiger partial charge in [0.1, 0.15) is 11.7 Å². The van der Waals surface area contributed by atoms with Crippen molar-refractivity contribution in [1.29, 1.82) is 0 Å². The second-order valence-electron chi connectivity index (χ2n) is 7.84. The van der Waals surface area contributed by atoms with E-state index in [1.807, 2.05) is 25.1 Å². The lowest BCUT2D eigenvalue weighted by Crippen LogP contribution is -2.25. The molecule has 3 atom stereocenters. The first-order valence-corrected chi connectivity index (χ1v) is 10.9. The number of aliphatic imine (C=N–C) groups is 1. The zero-order valence-electron chi connectivity index (χ0n) is 15.9. The van der Waals surface area contributed by atoms with Gasteiger partial charge in [-0.1, -0.05) is 56.3 Å². The molecule has 138 valence electrons. The molecular formula is C23H24NO2S+. The number of rotatable bonds is 4. The predicted molar refractivity (Wildman–Crippen MR) is 113 cm³/mol. The first kappa shape index (κ1) is 18.2. The Morgan fingerprint density at radius 2 is 1.81 bits per heavy atom. The molecular weight excluding hydrogens is 354 g/mol. The lowest BCUT2D eigenvalue weighted by molar-refractivity contribution is -0.125. The molecule has 1 amide bonds. The van der Waals surface area contributed by atoms with Gasteiger partial charge in [0.15, 0.2) is 4.91 Å². The molecule has 2 aromatic carbocycles. The molecule has 0 saturated carbocycles. The van der Waals surface area contributed by atoms with E-state index in [9.17, 15) is 9.59 Å². The van der Waals surface area contributed by atoms with Gasteiger partial charge in [0.2, 0.25) is 0 Å². The number of carbonyl (C=O) groups is 2. The van der Waals surface area contributed by atoms with E-state index in [0.717, 1.165) is 21.9 Å². The number of fused-ring (bicyclic) bond motifs is 2. The number of benzene rings is 2. The summed E-state index contributed by atoms with van der Waals surface area (Å²) in [5.41, 5.74) is 1.95. The lowest BCUT2D eigenvalue weighted by atomic mass is 9.91. The van der Waals surface area contributed by atoms with Crippen molar-refractivity contribution in [3.63, 3.8) is 0 Å². The van der Waals surface area contributed by atoms with Gasteiger partial charge in [0.05, 0.1) is 22.5 Å². The number of allylic oxidation sites excluding steroid dienone is 1. The average molecular weight is 379 g/mol. The van der Waals surface area contributed by atoms with Gasteiger partial charge in [-0.05, 0) is 29.2 Å². The minimum absolute atomic E-state index is 0.137. The molecule has 2 aliphatic rings. The Labute approximate surface area is 162 Å². The zero-order valence-corrected chi connectivity index (χ0v) is 16.8. The highest BCUT2D eigenvalue weighted by Crippen LogP contribution is 2.42. The van der Waals surface area contributed by atoms with Crippen molar-refractivity contribution >= 4 is 38.4 Å². The van der Waals surface area contributed by atoms with Crippen molar-refractivity contribution in [3.05, 3.63) is 59.0 Å². The molecule has 0 aromatic heterocycles. The van der Waals surface area contributed by atoms with Gasteiger partial charge in [0.25, 0.3) is 5.91 Å². The van der Waals surface area contributed by atoms with Crippen LogP contribution in [0.1, 0.15) is 26.3 Å². The van der Waals surface area contributed by atoms with Gasteiger partial charge in [-0.25, -0.2) is 9.79 Å². The highest BCUT2D eigenvalue weighted by Gasteiger charge is 2.57. The van der Waals surface area contributed by atoms with E-state index in [1.165, 1.54) is 10.8 Å². The average Bonchev–Trinajstić information content (AvgIpc) is 2.87. The molecule has 1 saturated heterocycles. The van der Waals surface area contributed by atoms with E-state index in [0.29, 0.717) is 12.3 Å². The highest BCUT2D eigenvalue weighted by atomic mass is 32.2. The lowest BCUT2D eigenvalue weighted by Gasteiger charge is -2.15. The third-order valence-electron chi connectivity index (χ3n) is 5.29. The molecule has 27 heavy (non-hydrogen) atoms. The van der Waals surface area contributed by atoms with E-state index >= 15 is 0 Å². The third-order valence-corrected chi connectivity index (χ3v) is 8.08. The first-order valence-electron chi connectivity index (χ1n) is 9.50. The number of amides is 1. The summed E-state index contributed by atoms with van der Waals surface area (Å²) in [4.78, 5) is 30.9. The molecule has 0 aliphatic carbocycles. The van der Waals surface area contributed by atoms with Crippen LogP contribution in [0, 0.1) is 17.8 Å². The monoisotopic (exact) mass is 378 g/mol. The first-order chi connectivity index (χ1) is 13.0. The molecule has 0 N–H and O–H groups in total. The highest BCUT2D eigenvalue weighted by molar-refractivity contribution is 8.14. The standard InChI is InChI=1S/C23H24NO2S/c1-14(2)13-27-20-12-18(24-22(25)21(20)15(3)23(27)26)11-17-9-6-8-16-7-4-5-10-19(16)17/h4-10,12,14-15,21H,11,13H2,1-3H3/q+1. The molecule has 4 heteroatoms. The Morgan fingerprint density at radius 1 is 1.07 bits per heavy atom. The van der Waals surface area contributed by atoms with E-state index in [1.54, 1.807) is 0 Å². The molecule has 1 fully saturated rings. The van der Waals surface area contributed by atoms with Gasteiger partial charge in [-0.2, -0.15) is 0 Å². The van der Waals surface area contributed by atoms with Crippen LogP contribution in [0.3, 0.4) is 0 Å². The van der Waals surface area contributed by atoms with Crippen molar-refractivity contribution in [3.8, 4) is 0 Å². The van der Waals surface area contributed by atoms with Crippen LogP contribution in [0.25, 0.3) is 10.8 Å². The Morgan fingerprint density at radius 3 is 2.59 bits per heavy atom. The maximum Gasteiger partial charge on any atom is 0.340 e. The molecule has 0 bridgehead atoms. The second kappa shape index (κ2) is 7.08. The van der Waals surface area contributed by atoms with Crippen molar-refractivity contribution in [2.75, 3.05) is 5.75 Å². The smallest absolute Gasteiger partial charge is 0.272 e. The minimum atomic E-state index is -0.455. The normalized spacial score (nSPS) is 25.0. The van der Waals surface area contributed by atoms with Crippen LogP contribution in [0.2, 0.25) is 0 Å². The summed E-state index contributed by atoms with van der Waals surface area (Å²) in [5.74, 6) is 0.548. The Hall–Kier alpha value is -2.20. The van der Waals surface area contributed by atoms with Crippen molar-refractivity contribution in [2.24, 2.45) is 22.7 Å². The minimum Gasteiger partial charge on any atom is -0.272 e. The number of dihydropyridines is 1. The van der Waals surface area contributed by atoms with Crippen molar-refractivity contribution in [2.45, 2.75) is 27.2 Å². The number of nitrogens with zero attached hydrogens (tertiary/aromatic N) is 1. The topological polar surface area (TPSA) is 46.5 Å². The summed E-state index contributed by atoms with van der Waals surface area (Å²) in [5, 5.41) is 2.61. The van der Waals surface area contributed by atoms with Gasteiger partial charge in [-0.15, -0.1) is 0 Å². The van der Waals surface area contributed by atoms with Crippen LogP contribution in [0.4, 0.5) is 0 Å². The quantitative estimate of drug-likeness (QED) is 0.744. The van der Waals surface area contributed by atoms with E-state index in [-0.39, 0.29) is 22.9 Å². The van der Waals surface area contributed by atoms with Crippen LogP contribution >= 0.6 is 0 Å². The maximum absolute atomic E-state index is 12.8. The van der Waals surface area contributed by atoms with Crippen LogP contribution in [0.5, 0.6) is 0 Å². The maximum atomic E-state index is 12.8. The van der Waals surface area contributed by atoms with E-state index < -0.39 is 10.9 Å². The van der Waals surface area contributed by atoms with E-state index in [4.69, 9.17) is 0 Å². The summed E-state index contributed by atoms with van der Waals surface area (Å²) in [6, 6.07) is 14.5. The second-order valence-corrected chi connectivity index (χ2v) is 9.83. The largest absolute Gasteiger partial charge is 0.340 e. The summed E-state index contributed by atoms with van der Waals surface area (Å²) in [6.45, 7) is 6.15. The Bertz CT molecular complexity index is 984. The third kappa shape index (κ3) is 3.27. The molecule has 2 aliphatic heterocycles. The Balaban J connectivity index is 1.70. The number of hydrogen-bond acceptors (Lipinski definition) is 2. The van der Waals surface area contributed by atoms with Gasteiger partial charge in [-0.3, -0.25) is 4.79 Å². The van der Waals surface area contributed by atoms with Crippen LogP contribution in [-0.2, 0) is 26.9 Å². The van der Waals surface area contributed by atoms with Gasteiger partial charge in [0, 0.05) is 12.5 Å². The number of hydrogen-bond donors (Lipinski definition) is 0. The van der Waals surface area contributed by atoms with Crippen LogP contribution in [-0.4, -0.2) is 22.5 Å². The summed E-state index contributed by atoms with van der Waals surface area (Å²) in [6.07, 6.45) is 2.67. The molecule has 2 heterocycles. The van der Waals surface area contributed by atoms with Crippen molar-refractivity contribution < 1.29 is 9.59 Å². The molecule has 3 nitrogen and oxygen atoms in total. The number of carbonyl (C=O) groups excluding carboxylic acids is 2.